The number of Topliss-reactive ketones (excluding diaryl/α,β-unsaturated/α-hetero) is 3. The van der Waals surface area contributed by atoms with Gasteiger partial charge in [-0.15, -0.1) is 0 Å². The molecule has 6 rings (SSSR count). The highest BCUT2D eigenvalue weighted by Crippen LogP contribution is 2.88. The first kappa shape index (κ1) is 39.6. The Morgan fingerprint density at radius 3 is 2.06 bits per heavy atom. The van der Waals surface area contributed by atoms with E-state index in [1.807, 2.05) is 25.7 Å². The largest absolute Gasteiger partial charge is 0.378 e. The van der Waals surface area contributed by atoms with Crippen LogP contribution in [-0.4, -0.2) is 83.4 Å². The van der Waals surface area contributed by atoms with Crippen LogP contribution >= 0.6 is 0 Å². The van der Waals surface area contributed by atoms with Crippen molar-refractivity contribution < 1.29 is 28.7 Å². The van der Waals surface area contributed by atoms with Crippen LogP contribution in [0.25, 0.3) is 0 Å². The molecule has 2 heterocycles. The van der Waals surface area contributed by atoms with Gasteiger partial charge in [-0.05, 0) is 80.0 Å². The van der Waals surface area contributed by atoms with E-state index in [1.165, 1.54) is 6.42 Å². The van der Waals surface area contributed by atoms with Crippen molar-refractivity contribution in [3.05, 3.63) is 0 Å². The summed E-state index contributed by atoms with van der Waals surface area (Å²) >= 11 is 0. The highest BCUT2D eigenvalue weighted by Gasteiger charge is 2.85. The standard InChI is InChI=1S/C43H69N3O6/c1-38(2,3)32(23-31(47)24-41(15-9-8-10-16-41)26-45-19-20-52-28-39(45,4)5)37(51)46-27-43(40(6,7)42(43)17-12-18-42)25-33(46)34(48)22-30(35(49)36(44)50)21-29-13-11-14-29/h29-30,32-33H,8-28H2,1-7H3,(H2,44,50)/t30?,32-,33+,43-/m1/s1. The van der Waals surface area contributed by atoms with E-state index in [0.29, 0.717) is 44.9 Å². The molecule has 0 aromatic heterocycles. The topological polar surface area (TPSA) is 127 Å². The highest BCUT2D eigenvalue weighted by atomic mass is 16.5. The molecule has 2 amide bonds. The number of primary amides is 1. The maximum Gasteiger partial charge on any atom is 0.285 e. The van der Waals surface area contributed by atoms with Crippen LogP contribution in [0.2, 0.25) is 0 Å². The van der Waals surface area contributed by atoms with Crippen molar-refractivity contribution in [2.75, 3.05) is 32.8 Å². The number of amides is 2. The Kier molecular flexibility index (Phi) is 10.8. The fourth-order valence-corrected chi connectivity index (χ4v) is 12.1. The molecule has 2 saturated heterocycles. The molecule has 1 unspecified atom stereocenters. The number of carbonyl (C=O) groups excluding carboxylic acids is 5. The Morgan fingerprint density at radius 2 is 1.54 bits per heavy atom. The van der Waals surface area contributed by atoms with E-state index < -0.39 is 35.0 Å². The molecular weight excluding hydrogens is 654 g/mol. The fraction of sp³-hybridized carbons (Fsp3) is 0.884. The zero-order valence-electron chi connectivity index (χ0n) is 33.6. The summed E-state index contributed by atoms with van der Waals surface area (Å²) < 4.78 is 5.82. The third-order valence-corrected chi connectivity index (χ3v) is 16.0. The van der Waals surface area contributed by atoms with Gasteiger partial charge in [0.25, 0.3) is 5.91 Å². The monoisotopic (exact) mass is 724 g/mol. The van der Waals surface area contributed by atoms with Crippen molar-refractivity contribution in [1.29, 1.82) is 0 Å². The normalized spacial score (nSPS) is 30.3. The Morgan fingerprint density at radius 1 is 0.865 bits per heavy atom. The molecule has 2 N–H and O–H groups in total. The van der Waals surface area contributed by atoms with Crippen LogP contribution in [0, 0.1) is 44.8 Å². The summed E-state index contributed by atoms with van der Waals surface area (Å²) in [5.41, 5.74) is 4.76. The zero-order chi connectivity index (χ0) is 37.9. The van der Waals surface area contributed by atoms with Gasteiger partial charge in [-0.1, -0.05) is 79.6 Å². The van der Waals surface area contributed by atoms with E-state index in [4.69, 9.17) is 10.5 Å². The predicted molar refractivity (Wildman–Crippen MR) is 201 cm³/mol. The van der Waals surface area contributed by atoms with Gasteiger partial charge in [-0.25, -0.2) is 0 Å². The van der Waals surface area contributed by atoms with Crippen LogP contribution in [0.1, 0.15) is 151 Å². The van der Waals surface area contributed by atoms with E-state index >= 15 is 4.79 Å². The van der Waals surface area contributed by atoms with Crippen LogP contribution in [0.5, 0.6) is 0 Å². The van der Waals surface area contributed by atoms with Crippen molar-refractivity contribution in [2.45, 2.75) is 163 Å². The molecule has 4 saturated carbocycles. The van der Waals surface area contributed by atoms with Gasteiger partial charge in [0, 0.05) is 61.7 Å². The second kappa shape index (κ2) is 14.2. The molecule has 9 heteroatoms. The summed E-state index contributed by atoms with van der Waals surface area (Å²) in [4.78, 5) is 73.5. The van der Waals surface area contributed by atoms with Gasteiger partial charge in [0.05, 0.1) is 19.3 Å². The number of carbonyl (C=O) groups is 5. The lowest BCUT2D eigenvalue weighted by Gasteiger charge is -2.48. The molecule has 4 atom stereocenters. The van der Waals surface area contributed by atoms with Crippen molar-refractivity contribution >= 4 is 29.2 Å². The van der Waals surface area contributed by atoms with Crippen molar-refractivity contribution in [3.8, 4) is 0 Å². The second-order valence-corrected chi connectivity index (χ2v) is 20.6. The first-order chi connectivity index (χ1) is 24.3. The summed E-state index contributed by atoms with van der Waals surface area (Å²) in [6.45, 7) is 18.9. The van der Waals surface area contributed by atoms with Gasteiger partial charge >= 0.3 is 0 Å². The average molecular weight is 724 g/mol. The van der Waals surface area contributed by atoms with Gasteiger partial charge in [0.2, 0.25) is 11.7 Å². The third-order valence-electron chi connectivity index (χ3n) is 16.0. The molecule has 0 radical (unpaired) electrons. The Hall–Kier alpha value is -2.13. The number of nitrogens with two attached hydrogens (primary N) is 1. The highest BCUT2D eigenvalue weighted by molar-refractivity contribution is 6.36. The zero-order valence-corrected chi connectivity index (χ0v) is 33.6. The van der Waals surface area contributed by atoms with Crippen LogP contribution in [-0.2, 0) is 28.7 Å². The Balaban J connectivity index is 1.24. The third kappa shape index (κ3) is 6.97. The van der Waals surface area contributed by atoms with Crippen LogP contribution < -0.4 is 5.73 Å². The van der Waals surface area contributed by atoms with Crippen LogP contribution in [0.3, 0.4) is 0 Å². The van der Waals surface area contributed by atoms with E-state index in [9.17, 15) is 19.2 Å². The lowest BCUT2D eigenvalue weighted by atomic mass is 9.68. The predicted octanol–water partition coefficient (Wildman–Crippen LogP) is 6.68. The number of nitrogens with zero attached hydrogens (tertiary/aromatic N) is 2. The molecule has 9 nitrogen and oxygen atoms in total. The molecule has 52 heavy (non-hydrogen) atoms. The minimum atomic E-state index is -0.982. The smallest absolute Gasteiger partial charge is 0.285 e. The quantitative estimate of drug-likeness (QED) is 0.198. The van der Waals surface area contributed by atoms with Gasteiger partial charge in [0.1, 0.15) is 5.78 Å². The van der Waals surface area contributed by atoms with Gasteiger partial charge in [0.15, 0.2) is 5.78 Å². The SMILES string of the molecule is CC(C)(C)[C@H](CC(=O)CC1(CN2CCOCC2(C)C)CCCCC1)C(=O)N1C[C@]2(C[C@H]1C(=O)CC(CC1CCC1)C(=O)C(N)=O)C(C)(C)C21CCC1. The van der Waals surface area contributed by atoms with E-state index in [1.54, 1.807) is 0 Å². The van der Waals surface area contributed by atoms with Crippen molar-refractivity contribution in [3.63, 3.8) is 0 Å². The average Bonchev–Trinajstić information content (AvgIpc) is 3.24. The van der Waals surface area contributed by atoms with E-state index in [2.05, 4.69) is 32.6 Å². The molecule has 0 bridgehead atoms. The van der Waals surface area contributed by atoms with E-state index in [-0.39, 0.29) is 57.5 Å². The number of likely N-dealkylation sites (tertiary alicyclic amines) is 1. The van der Waals surface area contributed by atoms with Crippen molar-refractivity contribution in [2.24, 2.45) is 50.6 Å². The molecule has 292 valence electrons. The molecular formula is C43H69N3O6. The Bertz CT molecular complexity index is 1410. The number of ether oxygens (including phenoxy) is 1. The molecule has 0 aromatic rings. The van der Waals surface area contributed by atoms with Gasteiger partial charge < -0.3 is 15.4 Å². The number of fused-ring (bicyclic) bond motifs is 1. The summed E-state index contributed by atoms with van der Waals surface area (Å²) in [5.74, 6) is -2.71. The van der Waals surface area contributed by atoms with Gasteiger partial charge in [-0.3, -0.25) is 28.9 Å². The molecule has 6 aliphatic rings. The van der Waals surface area contributed by atoms with Gasteiger partial charge in [-0.2, -0.15) is 0 Å². The maximum atomic E-state index is 15.1. The summed E-state index contributed by atoms with van der Waals surface area (Å²) in [6, 6.07) is -0.662. The number of ketones is 3. The number of hydrogen-bond acceptors (Lipinski definition) is 7. The molecule has 2 spiro atoms. The van der Waals surface area contributed by atoms with Crippen molar-refractivity contribution in [1.82, 2.24) is 9.80 Å². The lowest BCUT2D eigenvalue weighted by Crippen LogP contribution is -2.56. The number of rotatable bonds is 14. The van der Waals surface area contributed by atoms with E-state index in [0.717, 1.165) is 77.3 Å². The minimum absolute atomic E-state index is 0.00608. The molecule has 0 aromatic carbocycles. The second-order valence-electron chi connectivity index (χ2n) is 20.6. The molecule has 4 aliphatic carbocycles. The summed E-state index contributed by atoms with van der Waals surface area (Å²) in [5, 5.41) is 0. The summed E-state index contributed by atoms with van der Waals surface area (Å²) in [7, 11) is 0. The van der Waals surface area contributed by atoms with Crippen LogP contribution in [0.4, 0.5) is 0 Å². The Labute approximate surface area is 313 Å². The van der Waals surface area contributed by atoms with Crippen LogP contribution in [0.15, 0.2) is 0 Å². The number of hydrogen-bond donors (Lipinski definition) is 1. The first-order valence-electron chi connectivity index (χ1n) is 20.8. The maximum absolute atomic E-state index is 15.1. The molecule has 6 fully saturated rings. The first-order valence-corrected chi connectivity index (χ1v) is 20.8. The minimum Gasteiger partial charge on any atom is -0.378 e. The summed E-state index contributed by atoms with van der Waals surface area (Å²) in [6.07, 6.45) is 13.6. The fourth-order valence-electron chi connectivity index (χ4n) is 12.1. The lowest BCUT2D eigenvalue weighted by molar-refractivity contribution is -0.147. The number of morpholine rings is 1. The molecule has 2 aliphatic heterocycles.